The van der Waals surface area contributed by atoms with Crippen molar-refractivity contribution in [1.82, 2.24) is 4.98 Å². The number of hydrogen-bond acceptors (Lipinski definition) is 5. The summed E-state index contributed by atoms with van der Waals surface area (Å²) in [6.45, 7) is 0. The number of fused-ring (bicyclic) bond motifs is 1. The molecule has 0 saturated carbocycles. The van der Waals surface area contributed by atoms with E-state index in [1.165, 1.54) is 4.92 Å². The first kappa shape index (κ1) is 13.0. The Balaban J connectivity index is 2.03. The van der Waals surface area contributed by atoms with Gasteiger partial charge in [0.25, 0.3) is 0 Å². The molecule has 0 atom stereocenters. The first-order valence-electron chi connectivity index (χ1n) is 6.00. The van der Waals surface area contributed by atoms with E-state index in [9.17, 15) is 5.02 Å². The predicted octanol–water partition coefficient (Wildman–Crippen LogP) is 1.29. The normalized spacial score (nSPS) is 13.3. The lowest BCUT2D eigenvalue weighted by Gasteiger charge is -2.27. The van der Waals surface area contributed by atoms with Crippen LogP contribution in [0.3, 0.4) is 0 Å². The van der Waals surface area contributed by atoms with Crippen molar-refractivity contribution in [3.8, 4) is 5.75 Å². The number of halogens is 1. The number of aromatic nitrogens is 1. The molecule has 0 fully saturated rings. The summed E-state index contributed by atoms with van der Waals surface area (Å²) in [4.78, 5) is 5.47. The molecule has 2 aromatic rings. The summed E-state index contributed by atoms with van der Waals surface area (Å²) < 4.78 is 5.18. The second-order valence-electron chi connectivity index (χ2n) is 4.27. The number of ether oxygens (including phenoxy) is 1. The van der Waals surface area contributed by atoms with Crippen LogP contribution in [0.4, 0.5) is 5.69 Å². The summed E-state index contributed by atoms with van der Waals surface area (Å²) in [6, 6.07) is 9.04. The van der Waals surface area contributed by atoms with Gasteiger partial charge in [0.2, 0.25) is 0 Å². The Morgan fingerprint density at radius 1 is 1.35 bits per heavy atom. The SMILES string of the molecule is COc1cccc(N2N=Cc3ccnc(Cl)c3B2O)c1. The van der Waals surface area contributed by atoms with E-state index in [0.717, 1.165) is 5.56 Å². The van der Waals surface area contributed by atoms with E-state index in [0.29, 0.717) is 16.9 Å². The van der Waals surface area contributed by atoms with Gasteiger partial charge in [0.05, 0.1) is 19.0 Å². The number of rotatable bonds is 2. The second kappa shape index (κ2) is 5.15. The molecule has 1 N–H and O–H groups in total. The highest BCUT2D eigenvalue weighted by Gasteiger charge is 2.33. The van der Waals surface area contributed by atoms with E-state index in [4.69, 9.17) is 16.3 Å². The molecule has 3 rings (SSSR count). The molecule has 5 nitrogen and oxygen atoms in total. The molecule has 1 aliphatic heterocycles. The minimum absolute atomic E-state index is 0.272. The average molecular weight is 288 g/mol. The Morgan fingerprint density at radius 2 is 2.20 bits per heavy atom. The number of hydrazone groups is 1. The van der Waals surface area contributed by atoms with Crippen LogP contribution in [0, 0.1) is 0 Å². The third-order valence-electron chi connectivity index (χ3n) is 3.10. The number of hydrogen-bond donors (Lipinski definition) is 1. The van der Waals surface area contributed by atoms with Crippen LogP contribution in [0.1, 0.15) is 5.56 Å². The van der Waals surface area contributed by atoms with Gasteiger partial charge in [-0.25, -0.2) is 4.98 Å². The largest absolute Gasteiger partial charge is 0.497 e. The van der Waals surface area contributed by atoms with Crippen LogP contribution >= 0.6 is 11.6 Å². The Bertz CT molecular complexity index is 680. The molecule has 100 valence electrons. The zero-order valence-corrected chi connectivity index (χ0v) is 11.4. The second-order valence-corrected chi connectivity index (χ2v) is 4.63. The molecular formula is C13H11BClN3O2. The van der Waals surface area contributed by atoms with Gasteiger partial charge in [-0.15, -0.1) is 0 Å². The molecular weight excluding hydrogens is 276 g/mol. The van der Waals surface area contributed by atoms with E-state index < -0.39 is 7.05 Å². The number of benzene rings is 1. The molecule has 1 aromatic carbocycles. The Kier molecular flexibility index (Phi) is 3.34. The average Bonchev–Trinajstić information content (AvgIpc) is 2.47. The van der Waals surface area contributed by atoms with Crippen molar-refractivity contribution in [2.45, 2.75) is 0 Å². The summed E-state index contributed by atoms with van der Waals surface area (Å²) in [5.41, 5.74) is 2.02. The van der Waals surface area contributed by atoms with Crippen LogP contribution in [0.2, 0.25) is 5.15 Å². The van der Waals surface area contributed by atoms with E-state index in [1.807, 2.05) is 18.2 Å². The lowest BCUT2D eigenvalue weighted by Crippen LogP contribution is -2.51. The van der Waals surface area contributed by atoms with Gasteiger partial charge in [0.15, 0.2) is 0 Å². The standard InChI is InChI=1S/C13H11BClN3O2/c1-20-11-4-2-3-10(7-11)18-14(19)12-9(8-17-18)5-6-16-13(12)15/h2-8,19H,1H3. The maximum atomic E-state index is 10.5. The van der Waals surface area contributed by atoms with Crippen LogP contribution < -0.4 is 15.1 Å². The van der Waals surface area contributed by atoms with Gasteiger partial charge in [-0.2, -0.15) is 5.10 Å². The quantitative estimate of drug-likeness (QED) is 0.668. The number of anilines is 1. The van der Waals surface area contributed by atoms with Crippen molar-refractivity contribution in [2.75, 3.05) is 12.0 Å². The van der Waals surface area contributed by atoms with Gasteiger partial charge < -0.3 is 9.76 Å². The van der Waals surface area contributed by atoms with Crippen molar-refractivity contribution < 1.29 is 9.76 Å². The monoisotopic (exact) mass is 287 g/mol. The molecule has 1 aromatic heterocycles. The molecule has 20 heavy (non-hydrogen) atoms. The smallest absolute Gasteiger partial charge is 0.474 e. The van der Waals surface area contributed by atoms with Crippen molar-refractivity contribution >= 4 is 36.0 Å². The highest BCUT2D eigenvalue weighted by atomic mass is 35.5. The minimum atomic E-state index is -0.983. The molecule has 2 heterocycles. The molecule has 0 radical (unpaired) electrons. The fourth-order valence-corrected chi connectivity index (χ4v) is 2.36. The number of pyridine rings is 1. The van der Waals surface area contributed by atoms with E-state index in [1.54, 1.807) is 31.7 Å². The Labute approximate surface area is 121 Å². The van der Waals surface area contributed by atoms with Crippen LogP contribution in [-0.2, 0) is 0 Å². The van der Waals surface area contributed by atoms with Gasteiger partial charge >= 0.3 is 7.05 Å². The van der Waals surface area contributed by atoms with Crippen molar-refractivity contribution in [3.63, 3.8) is 0 Å². The third kappa shape index (κ3) is 2.13. The highest BCUT2D eigenvalue weighted by Crippen LogP contribution is 2.24. The van der Waals surface area contributed by atoms with Gasteiger partial charge in [0.1, 0.15) is 10.9 Å². The van der Waals surface area contributed by atoms with E-state index in [2.05, 4.69) is 10.1 Å². The predicted molar refractivity (Wildman–Crippen MR) is 79.9 cm³/mol. The Morgan fingerprint density at radius 3 is 3.00 bits per heavy atom. The van der Waals surface area contributed by atoms with Crippen molar-refractivity contribution in [3.05, 3.63) is 47.2 Å². The lowest BCUT2D eigenvalue weighted by atomic mass is 9.70. The molecule has 7 heteroatoms. The van der Waals surface area contributed by atoms with Crippen molar-refractivity contribution in [2.24, 2.45) is 5.10 Å². The molecule has 0 unspecified atom stereocenters. The van der Waals surface area contributed by atoms with Gasteiger partial charge in [-0.1, -0.05) is 17.7 Å². The van der Waals surface area contributed by atoms with Gasteiger partial charge in [-0.05, 0) is 23.8 Å². The molecule has 0 saturated heterocycles. The number of methoxy groups -OCH3 is 1. The van der Waals surface area contributed by atoms with Crippen molar-refractivity contribution in [1.29, 1.82) is 0 Å². The first-order chi connectivity index (χ1) is 9.70. The first-order valence-corrected chi connectivity index (χ1v) is 6.38. The molecule has 0 amide bonds. The summed E-state index contributed by atoms with van der Waals surface area (Å²) in [6.07, 6.45) is 3.23. The Hall–Kier alpha value is -2.05. The molecule has 1 aliphatic rings. The maximum absolute atomic E-state index is 10.5. The summed E-state index contributed by atoms with van der Waals surface area (Å²) in [7, 11) is 0.605. The minimum Gasteiger partial charge on any atom is -0.497 e. The zero-order chi connectivity index (χ0) is 14.1. The summed E-state index contributed by atoms with van der Waals surface area (Å²) in [5, 5.41) is 15.0. The van der Waals surface area contributed by atoms with Crippen LogP contribution in [0.25, 0.3) is 0 Å². The fraction of sp³-hybridized carbons (Fsp3) is 0.0769. The van der Waals surface area contributed by atoms with Crippen LogP contribution in [-0.4, -0.2) is 30.4 Å². The van der Waals surface area contributed by atoms with Crippen LogP contribution in [0.15, 0.2) is 41.6 Å². The third-order valence-corrected chi connectivity index (χ3v) is 3.41. The van der Waals surface area contributed by atoms with E-state index >= 15 is 0 Å². The van der Waals surface area contributed by atoms with Gasteiger partial charge in [0, 0.05) is 17.7 Å². The fourth-order valence-electron chi connectivity index (χ4n) is 2.10. The molecule has 0 bridgehead atoms. The zero-order valence-electron chi connectivity index (χ0n) is 10.7. The summed E-state index contributed by atoms with van der Waals surface area (Å²) in [5.74, 6) is 0.688. The van der Waals surface area contributed by atoms with Gasteiger partial charge in [-0.3, -0.25) is 4.92 Å². The number of nitrogens with zero attached hydrogens (tertiary/aromatic N) is 3. The highest BCUT2D eigenvalue weighted by molar-refractivity contribution is 6.74. The topological polar surface area (TPSA) is 58.0 Å². The maximum Gasteiger partial charge on any atom is 0.474 e. The molecule has 0 aliphatic carbocycles. The molecule has 0 spiro atoms. The van der Waals surface area contributed by atoms with Crippen LogP contribution in [0.5, 0.6) is 5.75 Å². The summed E-state index contributed by atoms with van der Waals surface area (Å²) >= 11 is 6.06. The van der Waals surface area contributed by atoms with E-state index in [-0.39, 0.29) is 5.15 Å². The lowest BCUT2D eigenvalue weighted by molar-refractivity contribution is 0.415.